The van der Waals surface area contributed by atoms with Crippen LogP contribution < -0.4 is 30.0 Å². The number of rotatable bonds is 2. The zero-order valence-electron chi connectivity index (χ0n) is 25.2. The van der Waals surface area contributed by atoms with Crippen molar-refractivity contribution in [1.82, 2.24) is 9.13 Å². The van der Waals surface area contributed by atoms with Gasteiger partial charge in [0.25, 0.3) is 0 Å². The van der Waals surface area contributed by atoms with Crippen molar-refractivity contribution in [1.29, 1.82) is 0 Å². The van der Waals surface area contributed by atoms with Gasteiger partial charge in [-0.1, -0.05) is 0 Å². The summed E-state index contributed by atoms with van der Waals surface area (Å²) in [5.74, 6) is 1.92. The first kappa shape index (κ1) is 25.7. The Balaban J connectivity index is 1.25. The molecular weight excluding hydrogens is 638 g/mol. The number of aromatic nitrogens is 2. The third-order valence-electron chi connectivity index (χ3n) is 10.0. The van der Waals surface area contributed by atoms with Crippen LogP contribution in [-0.4, -0.2) is 30.8 Å². The summed E-state index contributed by atoms with van der Waals surface area (Å²) in [6.07, 6.45) is 0. The number of hydrogen-bond acceptors (Lipinski definition) is 1. The predicted octanol–water partition coefficient (Wildman–Crippen LogP) is 6.47. The summed E-state index contributed by atoms with van der Waals surface area (Å²) >= 11 is 0.150. The van der Waals surface area contributed by atoms with Gasteiger partial charge in [0, 0.05) is 0 Å². The van der Waals surface area contributed by atoms with E-state index >= 15 is 0 Å². The second kappa shape index (κ2) is 9.53. The van der Waals surface area contributed by atoms with Crippen molar-refractivity contribution in [3.8, 4) is 22.9 Å². The Bertz CT molecular complexity index is 2650. The van der Waals surface area contributed by atoms with E-state index in [0.29, 0.717) is 0 Å². The maximum atomic E-state index is 6.81. The van der Waals surface area contributed by atoms with Crippen LogP contribution in [0.2, 0.25) is 0 Å². The monoisotopic (exact) mass is 664 g/mol. The molecule has 0 fully saturated rings. The molecule has 0 spiro atoms. The van der Waals surface area contributed by atoms with Crippen molar-refractivity contribution in [3.05, 3.63) is 152 Å². The summed E-state index contributed by atoms with van der Waals surface area (Å²) in [6.45, 7) is 0.178. The SMILES string of the molecule is c1ccc2c(c1)Oc1cc(-n3c4ccccc4c4cccc(-n5c6ccccc6c6ccccc65)c43)cc3c1B2c1ccccc1[Se]3. The van der Waals surface area contributed by atoms with Crippen molar-refractivity contribution < 1.29 is 4.74 Å². The van der Waals surface area contributed by atoms with Crippen LogP contribution in [0.1, 0.15) is 0 Å². The van der Waals surface area contributed by atoms with E-state index in [-0.39, 0.29) is 21.7 Å². The van der Waals surface area contributed by atoms with Crippen LogP contribution in [0.15, 0.2) is 152 Å². The molecule has 11 rings (SSSR count). The Morgan fingerprint density at radius 2 is 1.06 bits per heavy atom. The van der Waals surface area contributed by atoms with Crippen LogP contribution in [0, 0.1) is 0 Å². The zero-order valence-corrected chi connectivity index (χ0v) is 26.9. The Morgan fingerprint density at radius 1 is 0.468 bits per heavy atom. The van der Waals surface area contributed by atoms with Gasteiger partial charge in [0.05, 0.1) is 0 Å². The molecule has 3 nitrogen and oxygen atoms in total. The standard InChI is InChI=1S/C42H25BN2OSe/c1-7-19-34-27(12-1)28-13-2-8-20-35(28)45(34)36-21-11-15-30-29-14-3-6-18-33(29)44(42(30)36)26-24-38-41-40(25-26)47-39-23-10-5-17-32(39)43(41)31-16-4-9-22-37(31)46-38/h1-25H. The molecular formula is C42H25BN2OSe. The van der Waals surface area contributed by atoms with Gasteiger partial charge in [0.15, 0.2) is 0 Å². The number of nitrogens with zero attached hydrogens (tertiary/aromatic N) is 2. The third-order valence-corrected chi connectivity index (χ3v) is 12.4. The van der Waals surface area contributed by atoms with Gasteiger partial charge in [-0.25, -0.2) is 0 Å². The molecule has 0 bridgehead atoms. The molecule has 0 radical (unpaired) electrons. The topological polar surface area (TPSA) is 19.1 Å². The molecule has 47 heavy (non-hydrogen) atoms. The summed E-state index contributed by atoms with van der Waals surface area (Å²) in [5.41, 5.74) is 11.1. The van der Waals surface area contributed by atoms with Crippen molar-refractivity contribution in [2.75, 3.05) is 0 Å². The second-order valence-electron chi connectivity index (χ2n) is 12.5. The van der Waals surface area contributed by atoms with Gasteiger partial charge in [-0.15, -0.1) is 0 Å². The van der Waals surface area contributed by atoms with Gasteiger partial charge in [-0.2, -0.15) is 0 Å². The molecule has 218 valence electrons. The number of benzene rings is 7. The molecule has 4 heterocycles. The molecule has 0 amide bonds. The second-order valence-corrected chi connectivity index (χ2v) is 14.7. The summed E-state index contributed by atoms with van der Waals surface area (Å²) in [5, 5.41) is 5.02. The number of fused-ring (bicyclic) bond motifs is 10. The zero-order chi connectivity index (χ0) is 30.6. The quantitative estimate of drug-likeness (QED) is 0.194. The maximum absolute atomic E-state index is 6.81. The van der Waals surface area contributed by atoms with E-state index in [1.165, 1.54) is 74.6 Å². The van der Waals surface area contributed by atoms with E-state index in [9.17, 15) is 0 Å². The van der Waals surface area contributed by atoms with Crippen LogP contribution in [0.25, 0.3) is 55.0 Å². The summed E-state index contributed by atoms with van der Waals surface area (Å²) in [7, 11) is 0. The Labute approximate surface area is 277 Å². The predicted molar refractivity (Wildman–Crippen MR) is 198 cm³/mol. The van der Waals surface area contributed by atoms with E-state index in [1.807, 2.05) is 0 Å². The molecule has 0 atom stereocenters. The molecule has 2 aromatic heterocycles. The molecule has 0 saturated carbocycles. The Kier molecular flexibility index (Phi) is 5.21. The van der Waals surface area contributed by atoms with E-state index in [0.717, 1.165) is 17.2 Å². The molecule has 2 aliphatic rings. The van der Waals surface area contributed by atoms with Crippen LogP contribution >= 0.6 is 0 Å². The van der Waals surface area contributed by atoms with Crippen LogP contribution in [-0.2, 0) is 0 Å². The van der Waals surface area contributed by atoms with Gasteiger partial charge in [0.2, 0.25) is 0 Å². The third kappa shape index (κ3) is 3.48. The minimum atomic E-state index is 0.150. The summed E-state index contributed by atoms with van der Waals surface area (Å²) < 4.78 is 14.6. The van der Waals surface area contributed by atoms with Crippen LogP contribution in [0.4, 0.5) is 0 Å². The molecule has 2 aliphatic heterocycles. The van der Waals surface area contributed by atoms with Gasteiger partial charge < -0.3 is 0 Å². The average Bonchev–Trinajstić information content (AvgIpc) is 3.65. The van der Waals surface area contributed by atoms with Gasteiger partial charge in [-0.05, 0) is 0 Å². The van der Waals surface area contributed by atoms with Crippen LogP contribution in [0.5, 0.6) is 11.5 Å². The van der Waals surface area contributed by atoms with E-state index in [4.69, 9.17) is 4.74 Å². The molecule has 0 unspecified atom stereocenters. The van der Waals surface area contributed by atoms with Crippen molar-refractivity contribution >= 4 is 90.6 Å². The van der Waals surface area contributed by atoms with Crippen LogP contribution in [0.3, 0.4) is 0 Å². The first-order chi connectivity index (χ1) is 23.3. The van der Waals surface area contributed by atoms with Crippen molar-refractivity contribution in [3.63, 3.8) is 0 Å². The number of hydrogen-bond donors (Lipinski definition) is 0. The summed E-state index contributed by atoms with van der Waals surface area (Å²) in [4.78, 5) is 0. The van der Waals surface area contributed by atoms with Gasteiger partial charge in [-0.3, -0.25) is 0 Å². The molecule has 0 aliphatic carbocycles. The molecule has 5 heteroatoms. The molecule has 7 aromatic carbocycles. The van der Waals surface area contributed by atoms with E-state index < -0.39 is 0 Å². The first-order valence-electron chi connectivity index (χ1n) is 16.1. The Hall–Kier alpha value is -5.48. The average molecular weight is 663 g/mol. The fourth-order valence-corrected chi connectivity index (χ4v) is 10.6. The van der Waals surface area contributed by atoms with Gasteiger partial charge in [0.1, 0.15) is 0 Å². The summed E-state index contributed by atoms with van der Waals surface area (Å²) in [6, 6.07) is 55.5. The van der Waals surface area contributed by atoms with E-state index in [1.54, 1.807) is 0 Å². The first-order valence-corrected chi connectivity index (χ1v) is 17.8. The minimum absolute atomic E-state index is 0.150. The fourth-order valence-electron chi connectivity index (χ4n) is 8.14. The van der Waals surface area contributed by atoms with E-state index in [2.05, 4.69) is 161 Å². The fraction of sp³-hybridized carbons (Fsp3) is 0. The normalized spacial score (nSPS) is 13.1. The molecule has 0 N–H and O–H groups in total. The van der Waals surface area contributed by atoms with Crippen molar-refractivity contribution in [2.24, 2.45) is 0 Å². The van der Waals surface area contributed by atoms with Crippen molar-refractivity contribution in [2.45, 2.75) is 0 Å². The molecule has 0 saturated heterocycles. The number of para-hydroxylation sites is 5. The Morgan fingerprint density at radius 3 is 1.83 bits per heavy atom. The van der Waals surface area contributed by atoms with Gasteiger partial charge >= 0.3 is 279 Å². The number of ether oxygens (including phenoxy) is 1. The molecule has 9 aromatic rings.